The van der Waals surface area contributed by atoms with E-state index in [4.69, 9.17) is 14.9 Å². The van der Waals surface area contributed by atoms with Crippen molar-refractivity contribution >= 4 is 12.4 Å². The average Bonchev–Trinajstić information content (AvgIpc) is 2.91. The number of nitrogens with two attached hydrogens (primary N) is 1. The maximum Gasteiger partial charge on any atom is 0.181 e. The number of aromatic nitrogens is 1. The molecule has 18 heavy (non-hydrogen) atoms. The number of fused-ring (bicyclic) bond motifs is 1. The Morgan fingerprint density at radius 2 is 2.28 bits per heavy atom. The molecule has 0 amide bonds. The predicted molar refractivity (Wildman–Crippen MR) is 70.6 cm³/mol. The van der Waals surface area contributed by atoms with E-state index in [1.54, 1.807) is 6.26 Å². The molecule has 0 spiro atoms. The first kappa shape index (κ1) is 13.1. The van der Waals surface area contributed by atoms with Gasteiger partial charge in [0.15, 0.2) is 6.39 Å². The zero-order valence-corrected chi connectivity index (χ0v) is 10.7. The van der Waals surface area contributed by atoms with E-state index in [0.29, 0.717) is 13.2 Å². The summed E-state index contributed by atoms with van der Waals surface area (Å²) in [4.78, 5) is 4.21. The Balaban J connectivity index is 0.00000120. The Labute approximate surface area is 112 Å². The van der Waals surface area contributed by atoms with E-state index in [1.807, 2.05) is 6.07 Å². The zero-order valence-electron chi connectivity index (χ0n) is 9.83. The number of ether oxygens (including phenoxy) is 1. The molecule has 1 atom stereocenters. The van der Waals surface area contributed by atoms with E-state index in [2.05, 4.69) is 17.1 Å². The molecule has 1 aliphatic rings. The van der Waals surface area contributed by atoms with Gasteiger partial charge in [-0.1, -0.05) is 18.2 Å². The summed E-state index contributed by atoms with van der Waals surface area (Å²) < 4.78 is 10.7. The molecule has 2 N–H and O–H groups in total. The lowest BCUT2D eigenvalue weighted by Gasteiger charge is -2.26. The van der Waals surface area contributed by atoms with Gasteiger partial charge in [-0.3, -0.25) is 0 Å². The maximum absolute atomic E-state index is 5.73. The van der Waals surface area contributed by atoms with Crippen molar-refractivity contribution in [3.8, 4) is 11.3 Å². The van der Waals surface area contributed by atoms with E-state index in [-0.39, 0.29) is 18.5 Å². The summed E-state index contributed by atoms with van der Waals surface area (Å²) in [7, 11) is 0. The SMILES string of the molecule is Cl.NCC1OCCc2c(-c3cocn3)cccc21. The number of nitrogens with zero attached hydrogens (tertiary/aromatic N) is 1. The fourth-order valence-electron chi connectivity index (χ4n) is 2.36. The summed E-state index contributed by atoms with van der Waals surface area (Å²) in [5.74, 6) is 0. The minimum atomic E-state index is 0. The third-order valence-electron chi connectivity index (χ3n) is 3.15. The monoisotopic (exact) mass is 266 g/mol. The fraction of sp³-hybridized carbons (Fsp3) is 0.308. The highest BCUT2D eigenvalue weighted by Gasteiger charge is 2.22. The van der Waals surface area contributed by atoms with E-state index < -0.39 is 0 Å². The molecule has 4 nitrogen and oxygen atoms in total. The van der Waals surface area contributed by atoms with Gasteiger partial charge in [0.1, 0.15) is 12.0 Å². The van der Waals surface area contributed by atoms with Gasteiger partial charge < -0.3 is 14.9 Å². The molecule has 2 aromatic rings. The van der Waals surface area contributed by atoms with Crippen LogP contribution in [-0.4, -0.2) is 18.1 Å². The van der Waals surface area contributed by atoms with Crippen LogP contribution in [0.15, 0.2) is 35.3 Å². The van der Waals surface area contributed by atoms with Gasteiger partial charge in [-0.25, -0.2) is 4.98 Å². The second-order valence-electron chi connectivity index (χ2n) is 4.09. The Hall–Kier alpha value is -1.36. The largest absolute Gasteiger partial charge is 0.451 e. The van der Waals surface area contributed by atoms with Gasteiger partial charge in [-0.05, 0) is 17.5 Å². The topological polar surface area (TPSA) is 61.3 Å². The summed E-state index contributed by atoms with van der Waals surface area (Å²) in [5.41, 5.74) is 10.2. The van der Waals surface area contributed by atoms with E-state index >= 15 is 0 Å². The summed E-state index contributed by atoms with van der Waals surface area (Å²) in [6, 6.07) is 6.16. The van der Waals surface area contributed by atoms with E-state index in [0.717, 1.165) is 17.7 Å². The van der Waals surface area contributed by atoms with Crippen molar-refractivity contribution in [1.29, 1.82) is 0 Å². The van der Waals surface area contributed by atoms with E-state index in [9.17, 15) is 0 Å². The maximum atomic E-state index is 5.73. The number of benzene rings is 1. The summed E-state index contributed by atoms with van der Waals surface area (Å²) in [6.45, 7) is 1.22. The molecule has 1 aliphatic heterocycles. The first-order chi connectivity index (χ1) is 8.40. The van der Waals surface area contributed by atoms with Gasteiger partial charge in [0, 0.05) is 12.1 Å². The van der Waals surface area contributed by atoms with Gasteiger partial charge in [0.25, 0.3) is 0 Å². The number of hydrogen-bond acceptors (Lipinski definition) is 4. The molecule has 96 valence electrons. The minimum Gasteiger partial charge on any atom is -0.451 e. The number of rotatable bonds is 2. The summed E-state index contributed by atoms with van der Waals surface area (Å²) in [6.07, 6.45) is 4.02. The van der Waals surface area contributed by atoms with Crippen molar-refractivity contribution in [3.63, 3.8) is 0 Å². The molecule has 1 aromatic heterocycles. The van der Waals surface area contributed by atoms with Crippen molar-refractivity contribution < 1.29 is 9.15 Å². The van der Waals surface area contributed by atoms with Crippen LogP contribution in [0.5, 0.6) is 0 Å². The number of hydrogen-bond donors (Lipinski definition) is 1. The summed E-state index contributed by atoms with van der Waals surface area (Å²) >= 11 is 0. The molecule has 0 saturated carbocycles. The van der Waals surface area contributed by atoms with Gasteiger partial charge in [0.05, 0.1) is 12.7 Å². The lowest BCUT2D eigenvalue weighted by molar-refractivity contribution is 0.0486. The van der Waals surface area contributed by atoms with Crippen molar-refractivity contribution in [2.24, 2.45) is 5.73 Å². The van der Waals surface area contributed by atoms with Crippen LogP contribution in [0.2, 0.25) is 0 Å². The van der Waals surface area contributed by atoms with Crippen LogP contribution >= 0.6 is 12.4 Å². The highest BCUT2D eigenvalue weighted by molar-refractivity contribution is 5.85. The lowest BCUT2D eigenvalue weighted by Crippen LogP contribution is -2.23. The smallest absolute Gasteiger partial charge is 0.181 e. The molecule has 2 heterocycles. The first-order valence-electron chi connectivity index (χ1n) is 5.72. The van der Waals surface area contributed by atoms with Gasteiger partial charge >= 0.3 is 0 Å². The van der Waals surface area contributed by atoms with Crippen LogP contribution in [-0.2, 0) is 11.2 Å². The first-order valence-corrected chi connectivity index (χ1v) is 5.72. The third kappa shape index (κ3) is 2.14. The Kier molecular flexibility index (Phi) is 4.01. The molecule has 1 unspecified atom stereocenters. The molecule has 0 bridgehead atoms. The van der Waals surface area contributed by atoms with Crippen LogP contribution in [0, 0.1) is 0 Å². The average molecular weight is 267 g/mol. The second-order valence-corrected chi connectivity index (χ2v) is 4.09. The van der Waals surface area contributed by atoms with Crippen LogP contribution in [0.4, 0.5) is 0 Å². The molecule has 0 fully saturated rings. The quantitative estimate of drug-likeness (QED) is 0.906. The second kappa shape index (κ2) is 5.52. The summed E-state index contributed by atoms with van der Waals surface area (Å²) in [5, 5.41) is 0. The fourth-order valence-corrected chi connectivity index (χ4v) is 2.36. The molecular formula is C13H15ClN2O2. The molecule has 1 aromatic carbocycles. The van der Waals surface area contributed by atoms with Crippen LogP contribution < -0.4 is 5.73 Å². The van der Waals surface area contributed by atoms with Gasteiger partial charge in [-0.15, -0.1) is 12.4 Å². The normalized spacial score (nSPS) is 17.9. The molecule has 0 saturated heterocycles. The highest BCUT2D eigenvalue weighted by Crippen LogP contribution is 2.33. The predicted octanol–water partition coefficient (Wildman–Crippen LogP) is 2.34. The van der Waals surface area contributed by atoms with Gasteiger partial charge in [0.2, 0.25) is 0 Å². The molecule has 3 rings (SSSR count). The standard InChI is InChI=1S/C13H14N2O2.ClH/c14-6-13-11-3-1-2-10(9(11)4-5-17-13)12-7-16-8-15-12;/h1-3,7-8,13H,4-6,14H2;1H. The van der Waals surface area contributed by atoms with Crippen LogP contribution in [0.3, 0.4) is 0 Å². The number of oxazole rings is 1. The van der Waals surface area contributed by atoms with Crippen LogP contribution in [0.1, 0.15) is 17.2 Å². The number of halogens is 1. The Morgan fingerprint density at radius 3 is 3.00 bits per heavy atom. The van der Waals surface area contributed by atoms with Crippen molar-refractivity contribution in [1.82, 2.24) is 4.98 Å². The molecular weight excluding hydrogens is 252 g/mol. The zero-order chi connectivity index (χ0) is 11.7. The van der Waals surface area contributed by atoms with Crippen molar-refractivity contribution in [2.45, 2.75) is 12.5 Å². The Bertz CT molecular complexity index is 514. The molecule has 5 heteroatoms. The molecule has 0 aliphatic carbocycles. The lowest BCUT2D eigenvalue weighted by atomic mass is 9.92. The third-order valence-corrected chi connectivity index (χ3v) is 3.15. The molecule has 0 radical (unpaired) electrons. The minimum absolute atomic E-state index is 0. The highest BCUT2D eigenvalue weighted by atomic mass is 35.5. The van der Waals surface area contributed by atoms with Crippen molar-refractivity contribution in [3.05, 3.63) is 42.0 Å². The Morgan fingerprint density at radius 1 is 1.39 bits per heavy atom. The van der Waals surface area contributed by atoms with Crippen molar-refractivity contribution in [2.75, 3.05) is 13.2 Å². The van der Waals surface area contributed by atoms with Crippen LogP contribution in [0.25, 0.3) is 11.3 Å². The van der Waals surface area contributed by atoms with E-state index in [1.165, 1.54) is 17.5 Å². The van der Waals surface area contributed by atoms with Gasteiger partial charge in [-0.2, -0.15) is 0 Å².